The van der Waals surface area contributed by atoms with Crippen LogP contribution in [0.25, 0.3) is 5.69 Å². The third kappa shape index (κ3) is 5.88. The van der Waals surface area contributed by atoms with Gasteiger partial charge in [0.2, 0.25) is 15.8 Å². The molecule has 2 fully saturated rings. The first kappa shape index (κ1) is 27.5. The zero-order chi connectivity index (χ0) is 28.5. The number of hydrogen-bond acceptors (Lipinski definition) is 6. The number of sulfonamides is 1. The van der Waals surface area contributed by atoms with Gasteiger partial charge in [0.05, 0.1) is 24.2 Å². The summed E-state index contributed by atoms with van der Waals surface area (Å²) in [4.78, 5) is 15.8. The van der Waals surface area contributed by atoms with E-state index in [-0.39, 0.29) is 22.5 Å². The summed E-state index contributed by atoms with van der Waals surface area (Å²) in [6, 6.07) is 26.4. The summed E-state index contributed by atoms with van der Waals surface area (Å²) in [5.41, 5.74) is 2.55. The highest BCUT2D eigenvalue weighted by molar-refractivity contribution is 7.88. The van der Waals surface area contributed by atoms with Crippen molar-refractivity contribution in [2.24, 2.45) is 0 Å². The van der Waals surface area contributed by atoms with E-state index in [1.807, 2.05) is 53.4 Å². The van der Waals surface area contributed by atoms with Gasteiger partial charge in [0.15, 0.2) is 0 Å². The molecule has 8 nitrogen and oxygen atoms in total. The standard InChI is InChI=1S/C31H31ClN4O4S/c32-26-12-7-13-27(20-26)36-30(37)29(40-23-31(14-15-31)25-10-5-2-6-11-25)28(21-33-36)34-16-18-35(19-17-34)41(38,39)22-24-8-3-1-4-9-24/h1-13,20-21H,14-19,22-23H2. The van der Waals surface area contributed by atoms with E-state index in [0.717, 1.165) is 18.4 Å². The lowest BCUT2D eigenvalue weighted by Crippen LogP contribution is -2.49. The van der Waals surface area contributed by atoms with Gasteiger partial charge >= 0.3 is 5.56 Å². The molecule has 0 N–H and O–H groups in total. The van der Waals surface area contributed by atoms with E-state index in [2.05, 4.69) is 17.2 Å². The molecule has 0 spiro atoms. The molecule has 2 aliphatic rings. The maximum Gasteiger partial charge on any atom is 0.316 e. The van der Waals surface area contributed by atoms with Crippen LogP contribution in [-0.4, -0.2) is 55.3 Å². The zero-order valence-corrected chi connectivity index (χ0v) is 24.1. The van der Waals surface area contributed by atoms with Gasteiger partial charge in [0, 0.05) is 36.6 Å². The van der Waals surface area contributed by atoms with Crippen LogP contribution >= 0.6 is 11.6 Å². The van der Waals surface area contributed by atoms with E-state index in [1.165, 1.54) is 14.6 Å². The predicted octanol–water partition coefficient (Wildman–Crippen LogP) is 4.65. The summed E-state index contributed by atoms with van der Waals surface area (Å²) >= 11 is 6.20. The number of anilines is 1. The lowest BCUT2D eigenvalue weighted by molar-refractivity contribution is 0.272. The molecule has 0 radical (unpaired) electrons. The van der Waals surface area contributed by atoms with Gasteiger partial charge in [-0.1, -0.05) is 78.3 Å². The Labute approximate surface area is 244 Å². The summed E-state index contributed by atoms with van der Waals surface area (Å²) in [6.07, 6.45) is 3.60. The third-order valence-corrected chi connectivity index (χ3v) is 9.95. The molecule has 1 aliphatic heterocycles. The van der Waals surface area contributed by atoms with Gasteiger partial charge in [-0.3, -0.25) is 4.79 Å². The van der Waals surface area contributed by atoms with E-state index < -0.39 is 10.0 Å². The fourth-order valence-corrected chi connectivity index (χ4v) is 7.03. The fourth-order valence-electron chi connectivity index (χ4n) is 5.33. The molecule has 0 unspecified atom stereocenters. The first-order valence-electron chi connectivity index (χ1n) is 13.7. The number of benzene rings is 3. The Kier molecular flexibility index (Phi) is 7.59. The van der Waals surface area contributed by atoms with Gasteiger partial charge in [0.25, 0.3) is 0 Å². The highest BCUT2D eigenvalue weighted by Crippen LogP contribution is 2.48. The molecule has 0 bridgehead atoms. The molecular weight excluding hydrogens is 560 g/mol. The molecule has 1 saturated carbocycles. The summed E-state index contributed by atoms with van der Waals surface area (Å²) < 4.78 is 35.4. The normalized spacial score (nSPS) is 16.9. The first-order valence-corrected chi connectivity index (χ1v) is 15.7. The molecule has 41 heavy (non-hydrogen) atoms. The van der Waals surface area contributed by atoms with Gasteiger partial charge in [0.1, 0.15) is 5.69 Å². The van der Waals surface area contributed by atoms with Crippen LogP contribution in [0, 0.1) is 0 Å². The van der Waals surface area contributed by atoms with E-state index in [1.54, 1.807) is 30.5 Å². The highest BCUT2D eigenvalue weighted by atomic mass is 35.5. The van der Waals surface area contributed by atoms with Crippen LogP contribution < -0.4 is 15.2 Å². The van der Waals surface area contributed by atoms with Crippen LogP contribution in [-0.2, 0) is 21.2 Å². The number of ether oxygens (including phenoxy) is 1. The average molecular weight is 591 g/mol. The molecule has 6 rings (SSSR count). The second kappa shape index (κ2) is 11.3. The predicted molar refractivity (Wildman–Crippen MR) is 161 cm³/mol. The molecule has 4 aromatic rings. The Hall–Kier alpha value is -3.66. The number of rotatable bonds is 9. The molecule has 1 aromatic heterocycles. The lowest BCUT2D eigenvalue weighted by atomic mass is 9.97. The van der Waals surface area contributed by atoms with E-state index in [0.29, 0.717) is 49.2 Å². The number of nitrogens with zero attached hydrogens (tertiary/aromatic N) is 4. The summed E-state index contributed by atoms with van der Waals surface area (Å²) in [6.45, 7) is 1.80. The Bertz CT molecular complexity index is 1680. The van der Waals surface area contributed by atoms with E-state index >= 15 is 0 Å². The summed E-state index contributed by atoms with van der Waals surface area (Å²) in [5.74, 6) is 0.170. The maximum absolute atomic E-state index is 13.8. The van der Waals surface area contributed by atoms with Gasteiger partial charge < -0.3 is 9.64 Å². The third-order valence-electron chi connectivity index (χ3n) is 7.86. The number of aromatic nitrogens is 2. The van der Waals surface area contributed by atoms with Crippen molar-refractivity contribution >= 4 is 27.3 Å². The van der Waals surface area contributed by atoms with Gasteiger partial charge in [-0.15, -0.1) is 0 Å². The Morgan fingerprint density at radius 1 is 0.878 bits per heavy atom. The molecule has 0 atom stereocenters. The van der Waals surface area contributed by atoms with E-state index in [4.69, 9.17) is 16.3 Å². The Morgan fingerprint density at radius 3 is 2.22 bits per heavy atom. The van der Waals surface area contributed by atoms with Gasteiger partial charge in [-0.25, -0.2) is 8.42 Å². The van der Waals surface area contributed by atoms with Crippen molar-refractivity contribution in [2.75, 3.05) is 37.7 Å². The average Bonchev–Trinajstić information content (AvgIpc) is 3.78. The Balaban J connectivity index is 1.26. The van der Waals surface area contributed by atoms with Crippen LogP contribution in [0.15, 0.2) is 95.9 Å². The Morgan fingerprint density at radius 2 is 1.56 bits per heavy atom. The lowest BCUT2D eigenvalue weighted by Gasteiger charge is -2.36. The van der Waals surface area contributed by atoms with Crippen LogP contribution in [0.2, 0.25) is 5.02 Å². The van der Waals surface area contributed by atoms with Crippen LogP contribution in [0.4, 0.5) is 5.69 Å². The first-order chi connectivity index (χ1) is 19.8. The van der Waals surface area contributed by atoms with Crippen molar-refractivity contribution in [3.05, 3.63) is 118 Å². The minimum atomic E-state index is -3.48. The minimum Gasteiger partial charge on any atom is -0.485 e. The van der Waals surface area contributed by atoms with Crippen molar-refractivity contribution in [3.63, 3.8) is 0 Å². The maximum atomic E-state index is 13.8. The second-order valence-corrected chi connectivity index (χ2v) is 13.0. The van der Waals surface area contributed by atoms with Crippen molar-refractivity contribution in [3.8, 4) is 11.4 Å². The van der Waals surface area contributed by atoms with Crippen LogP contribution in [0.1, 0.15) is 24.0 Å². The van der Waals surface area contributed by atoms with Crippen molar-refractivity contribution < 1.29 is 13.2 Å². The molecule has 1 saturated heterocycles. The monoisotopic (exact) mass is 590 g/mol. The van der Waals surface area contributed by atoms with Crippen molar-refractivity contribution in [1.82, 2.24) is 14.1 Å². The van der Waals surface area contributed by atoms with Crippen molar-refractivity contribution in [1.29, 1.82) is 0 Å². The molecule has 10 heteroatoms. The van der Waals surface area contributed by atoms with Crippen LogP contribution in [0.5, 0.6) is 5.75 Å². The smallest absolute Gasteiger partial charge is 0.316 e. The summed E-state index contributed by atoms with van der Waals surface area (Å²) in [7, 11) is -3.48. The highest BCUT2D eigenvalue weighted by Gasteiger charge is 2.45. The second-order valence-electron chi connectivity index (χ2n) is 10.6. The van der Waals surface area contributed by atoms with Crippen molar-refractivity contribution in [2.45, 2.75) is 24.0 Å². The van der Waals surface area contributed by atoms with Crippen LogP contribution in [0.3, 0.4) is 0 Å². The quantitative estimate of drug-likeness (QED) is 0.282. The number of piperazine rings is 1. The largest absolute Gasteiger partial charge is 0.485 e. The number of halogens is 1. The molecule has 2 heterocycles. The minimum absolute atomic E-state index is 0.0407. The molecule has 0 amide bonds. The zero-order valence-electron chi connectivity index (χ0n) is 22.5. The topological polar surface area (TPSA) is 84.7 Å². The number of hydrogen-bond donors (Lipinski definition) is 0. The van der Waals surface area contributed by atoms with Gasteiger partial charge in [-0.05, 0) is 42.2 Å². The molecule has 212 valence electrons. The van der Waals surface area contributed by atoms with Gasteiger partial charge in [-0.2, -0.15) is 14.1 Å². The SMILES string of the molecule is O=c1c(OCC2(c3ccccc3)CC2)c(N2CCN(S(=O)(=O)Cc3ccccc3)CC2)cnn1-c1cccc(Cl)c1. The van der Waals surface area contributed by atoms with E-state index in [9.17, 15) is 13.2 Å². The molecule has 3 aromatic carbocycles. The summed E-state index contributed by atoms with van der Waals surface area (Å²) in [5, 5.41) is 4.96. The molecule has 1 aliphatic carbocycles. The molecular formula is C31H31ClN4O4S. The fraction of sp³-hybridized carbons (Fsp3) is 0.290.